The molecule has 0 fully saturated rings. The number of hydrogen-bond acceptors (Lipinski definition) is 3. The summed E-state index contributed by atoms with van der Waals surface area (Å²) in [5, 5.41) is 16.1. The lowest BCUT2D eigenvalue weighted by Gasteiger charge is -2.07. The van der Waals surface area contributed by atoms with E-state index in [0.717, 1.165) is 22.0 Å². The molecular weight excluding hydrogens is 344 g/mol. The largest absolute Gasteiger partial charge is 0.357 e. The molecule has 24 heavy (non-hydrogen) atoms. The molecule has 2 heterocycles. The molecule has 1 aromatic carbocycles. The number of benzene rings is 1. The Bertz CT molecular complexity index is 840. The number of rotatable bonds is 5. The number of thiocarbonyl (C=S) groups is 1. The van der Waals surface area contributed by atoms with Gasteiger partial charge in [-0.1, -0.05) is 23.7 Å². The summed E-state index contributed by atoms with van der Waals surface area (Å²) in [5.41, 5.74) is 2.85. The van der Waals surface area contributed by atoms with Crippen molar-refractivity contribution in [3.05, 3.63) is 65.2 Å². The molecule has 0 atom stereocenters. The van der Waals surface area contributed by atoms with Gasteiger partial charge in [0.1, 0.15) is 0 Å². The van der Waals surface area contributed by atoms with Crippen molar-refractivity contribution in [2.24, 2.45) is 7.05 Å². The summed E-state index contributed by atoms with van der Waals surface area (Å²) in [4.78, 5) is 0. The van der Waals surface area contributed by atoms with Gasteiger partial charge in [-0.15, -0.1) is 0 Å². The molecule has 0 aliphatic rings. The van der Waals surface area contributed by atoms with Crippen LogP contribution in [0.3, 0.4) is 0 Å². The van der Waals surface area contributed by atoms with Gasteiger partial charge < -0.3 is 10.6 Å². The zero-order chi connectivity index (χ0) is 16.9. The quantitative estimate of drug-likeness (QED) is 0.685. The Kier molecular flexibility index (Phi) is 5.12. The van der Waals surface area contributed by atoms with Gasteiger partial charge in [0.15, 0.2) is 5.11 Å². The van der Waals surface area contributed by atoms with E-state index in [0.29, 0.717) is 18.2 Å². The van der Waals surface area contributed by atoms with Crippen LogP contribution in [0.4, 0.5) is 5.69 Å². The zero-order valence-corrected chi connectivity index (χ0v) is 14.7. The van der Waals surface area contributed by atoms with Gasteiger partial charge in [0, 0.05) is 24.5 Å². The maximum absolute atomic E-state index is 6.00. The number of nitrogens with one attached hydrogen (secondary N) is 2. The second-order valence-electron chi connectivity index (χ2n) is 5.34. The highest BCUT2D eigenvalue weighted by Crippen LogP contribution is 2.13. The van der Waals surface area contributed by atoms with Crippen molar-refractivity contribution in [2.45, 2.75) is 13.1 Å². The Balaban J connectivity index is 1.52. The SMILES string of the molecule is Cn1ccc(CNC(=S)Nc2cnn(Cc3cccc(Cl)c3)c2)n1. The molecular formula is C16H17ClN6S. The Hall–Kier alpha value is -2.38. The van der Waals surface area contributed by atoms with E-state index in [1.165, 1.54) is 0 Å². The van der Waals surface area contributed by atoms with Crippen molar-refractivity contribution in [3.8, 4) is 0 Å². The number of aryl methyl sites for hydroxylation is 1. The summed E-state index contributed by atoms with van der Waals surface area (Å²) in [6, 6.07) is 9.66. The first-order valence-corrected chi connectivity index (χ1v) is 8.17. The fourth-order valence-electron chi connectivity index (χ4n) is 2.24. The number of halogens is 1. The lowest BCUT2D eigenvalue weighted by molar-refractivity contribution is 0.687. The second-order valence-corrected chi connectivity index (χ2v) is 6.19. The number of aromatic nitrogens is 4. The Morgan fingerprint density at radius 1 is 1.33 bits per heavy atom. The fourth-order valence-corrected chi connectivity index (χ4v) is 2.64. The molecule has 2 aromatic heterocycles. The monoisotopic (exact) mass is 360 g/mol. The highest BCUT2D eigenvalue weighted by molar-refractivity contribution is 7.80. The smallest absolute Gasteiger partial charge is 0.171 e. The first-order chi connectivity index (χ1) is 11.6. The average Bonchev–Trinajstić information content (AvgIpc) is 3.14. The van der Waals surface area contributed by atoms with Gasteiger partial charge in [0.05, 0.1) is 30.7 Å². The van der Waals surface area contributed by atoms with Gasteiger partial charge >= 0.3 is 0 Å². The van der Waals surface area contributed by atoms with Crippen LogP contribution in [-0.2, 0) is 20.1 Å². The lowest BCUT2D eigenvalue weighted by Crippen LogP contribution is -2.27. The molecule has 8 heteroatoms. The van der Waals surface area contributed by atoms with Crippen LogP contribution < -0.4 is 10.6 Å². The van der Waals surface area contributed by atoms with Crippen molar-refractivity contribution in [2.75, 3.05) is 5.32 Å². The van der Waals surface area contributed by atoms with Crippen LogP contribution in [0.1, 0.15) is 11.3 Å². The van der Waals surface area contributed by atoms with E-state index in [4.69, 9.17) is 23.8 Å². The van der Waals surface area contributed by atoms with E-state index in [-0.39, 0.29) is 0 Å². The van der Waals surface area contributed by atoms with Crippen LogP contribution in [0.15, 0.2) is 48.9 Å². The maximum atomic E-state index is 6.00. The standard InChI is InChI=1S/C16H17ClN6S/c1-22-6-5-14(21-22)8-18-16(24)20-15-9-19-23(11-15)10-12-3-2-4-13(17)7-12/h2-7,9,11H,8,10H2,1H3,(H2,18,20,24). The van der Waals surface area contributed by atoms with Crippen LogP contribution >= 0.6 is 23.8 Å². The Labute approximate surface area is 150 Å². The highest BCUT2D eigenvalue weighted by atomic mass is 35.5. The van der Waals surface area contributed by atoms with Gasteiger partial charge in [0.25, 0.3) is 0 Å². The molecule has 124 valence electrons. The third-order valence-electron chi connectivity index (χ3n) is 3.32. The highest BCUT2D eigenvalue weighted by Gasteiger charge is 2.03. The Morgan fingerprint density at radius 2 is 2.21 bits per heavy atom. The van der Waals surface area contributed by atoms with Gasteiger partial charge in [-0.05, 0) is 36.0 Å². The molecule has 2 N–H and O–H groups in total. The van der Waals surface area contributed by atoms with Crippen molar-refractivity contribution >= 4 is 34.6 Å². The van der Waals surface area contributed by atoms with E-state index in [1.54, 1.807) is 10.9 Å². The third-order valence-corrected chi connectivity index (χ3v) is 3.81. The van der Waals surface area contributed by atoms with Crippen LogP contribution in [0.5, 0.6) is 0 Å². The first-order valence-electron chi connectivity index (χ1n) is 7.39. The molecule has 3 aromatic rings. The molecule has 6 nitrogen and oxygen atoms in total. The summed E-state index contributed by atoms with van der Waals surface area (Å²) in [7, 11) is 1.88. The summed E-state index contributed by atoms with van der Waals surface area (Å²) in [6.07, 6.45) is 5.53. The molecule has 0 amide bonds. The molecule has 0 saturated carbocycles. The van der Waals surface area contributed by atoms with E-state index in [9.17, 15) is 0 Å². The van der Waals surface area contributed by atoms with Crippen molar-refractivity contribution in [3.63, 3.8) is 0 Å². The molecule has 0 radical (unpaired) electrons. The predicted molar refractivity (Wildman–Crippen MR) is 99.0 cm³/mol. The fraction of sp³-hybridized carbons (Fsp3) is 0.188. The first kappa shape index (κ1) is 16.5. The van der Waals surface area contributed by atoms with E-state index in [1.807, 2.05) is 54.5 Å². The molecule has 0 bridgehead atoms. The van der Waals surface area contributed by atoms with E-state index >= 15 is 0 Å². The summed E-state index contributed by atoms with van der Waals surface area (Å²) in [5.74, 6) is 0. The number of anilines is 1. The van der Waals surface area contributed by atoms with Crippen molar-refractivity contribution < 1.29 is 0 Å². The Morgan fingerprint density at radius 3 is 2.96 bits per heavy atom. The minimum Gasteiger partial charge on any atom is -0.357 e. The zero-order valence-electron chi connectivity index (χ0n) is 13.1. The van der Waals surface area contributed by atoms with E-state index < -0.39 is 0 Å². The minimum absolute atomic E-state index is 0.531. The third kappa shape index (κ3) is 4.56. The normalized spacial score (nSPS) is 10.6. The average molecular weight is 361 g/mol. The maximum Gasteiger partial charge on any atom is 0.171 e. The molecule has 0 spiro atoms. The molecule has 0 aliphatic heterocycles. The lowest BCUT2D eigenvalue weighted by atomic mass is 10.2. The van der Waals surface area contributed by atoms with Crippen molar-refractivity contribution in [1.82, 2.24) is 24.9 Å². The van der Waals surface area contributed by atoms with Crippen LogP contribution in [-0.4, -0.2) is 24.7 Å². The molecule has 0 unspecified atom stereocenters. The number of hydrogen-bond donors (Lipinski definition) is 2. The summed E-state index contributed by atoms with van der Waals surface area (Å²) >= 11 is 11.3. The van der Waals surface area contributed by atoms with Gasteiger partial charge in [-0.2, -0.15) is 10.2 Å². The predicted octanol–water partition coefficient (Wildman–Crippen LogP) is 2.80. The summed E-state index contributed by atoms with van der Waals surface area (Å²) < 4.78 is 3.59. The number of nitrogens with zero attached hydrogens (tertiary/aromatic N) is 4. The van der Waals surface area contributed by atoms with Crippen LogP contribution in [0.2, 0.25) is 5.02 Å². The van der Waals surface area contributed by atoms with E-state index in [2.05, 4.69) is 20.8 Å². The van der Waals surface area contributed by atoms with Crippen LogP contribution in [0.25, 0.3) is 0 Å². The summed E-state index contributed by atoms with van der Waals surface area (Å²) in [6.45, 7) is 1.22. The molecule has 0 aliphatic carbocycles. The van der Waals surface area contributed by atoms with Gasteiger partial charge in [0.2, 0.25) is 0 Å². The molecule has 3 rings (SSSR count). The molecule has 0 saturated heterocycles. The van der Waals surface area contributed by atoms with Gasteiger partial charge in [-0.3, -0.25) is 9.36 Å². The minimum atomic E-state index is 0.531. The van der Waals surface area contributed by atoms with Gasteiger partial charge in [-0.25, -0.2) is 0 Å². The van der Waals surface area contributed by atoms with Crippen LogP contribution in [0, 0.1) is 0 Å². The second kappa shape index (κ2) is 7.46. The topological polar surface area (TPSA) is 59.7 Å². The van der Waals surface area contributed by atoms with Crippen molar-refractivity contribution in [1.29, 1.82) is 0 Å².